The van der Waals surface area contributed by atoms with E-state index in [-0.39, 0.29) is 0 Å². The number of nitriles is 1. The summed E-state index contributed by atoms with van der Waals surface area (Å²) in [6, 6.07) is 10.8. The predicted molar refractivity (Wildman–Crippen MR) is 64.8 cm³/mol. The molecule has 0 aromatic heterocycles. The first-order chi connectivity index (χ1) is 7.72. The minimum Gasteiger partial charge on any atom is -0.299 e. The Hall–Kier alpha value is -1.33. The van der Waals surface area contributed by atoms with Gasteiger partial charge in [-0.15, -0.1) is 0 Å². The zero-order chi connectivity index (χ0) is 11.5. The topological polar surface area (TPSA) is 27.0 Å². The van der Waals surface area contributed by atoms with Gasteiger partial charge in [0.15, 0.2) is 0 Å². The summed E-state index contributed by atoms with van der Waals surface area (Å²) < 4.78 is 0. The fourth-order valence-electron chi connectivity index (χ4n) is 2.12. The second kappa shape index (κ2) is 4.67. The molecule has 1 atom stereocenters. The van der Waals surface area contributed by atoms with Gasteiger partial charge >= 0.3 is 0 Å². The Morgan fingerprint density at radius 1 is 1.44 bits per heavy atom. The van der Waals surface area contributed by atoms with Gasteiger partial charge in [0.05, 0.1) is 11.6 Å². The minimum absolute atomic E-state index is 0.631. The van der Waals surface area contributed by atoms with E-state index in [1.165, 1.54) is 12.8 Å². The van der Waals surface area contributed by atoms with Crippen molar-refractivity contribution >= 4 is 0 Å². The molecule has 0 saturated heterocycles. The Labute approximate surface area is 97.5 Å². The first-order valence-electron chi connectivity index (χ1n) is 5.90. The van der Waals surface area contributed by atoms with Gasteiger partial charge in [-0.05, 0) is 44.4 Å². The lowest BCUT2D eigenvalue weighted by atomic mass is 10.1. The van der Waals surface area contributed by atoms with Crippen LogP contribution in [0.5, 0.6) is 0 Å². The molecule has 84 valence electrons. The highest BCUT2D eigenvalue weighted by molar-refractivity contribution is 5.37. The smallest absolute Gasteiger partial charge is 0.0995 e. The third kappa shape index (κ3) is 2.43. The molecule has 0 bridgehead atoms. The zero-order valence-electron chi connectivity index (χ0n) is 9.98. The SMILES string of the molecule is CC(C1CC1)N(C)Cc1ccccc1C#N. The van der Waals surface area contributed by atoms with Crippen LogP contribution in [0.25, 0.3) is 0 Å². The van der Waals surface area contributed by atoms with Crippen molar-refractivity contribution in [3.05, 3.63) is 35.4 Å². The molecule has 16 heavy (non-hydrogen) atoms. The molecule has 1 saturated carbocycles. The van der Waals surface area contributed by atoms with Crippen LogP contribution < -0.4 is 0 Å². The van der Waals surface area contributed by atoms with Crippen molar-refractivity contribution in [3.8, 4) is 6.07 Å². The third-order valence-corrected chi connectivity index (χ3v) is 3.56. The van der Waals surface area contributed by atoms with Crippen LogP contribution in [0.3, 0.4) is 0 Å². The summed E-state index contributed by atoms with van der Waals surface area (Å²) in [7, 11) is 2.15. The first kappa shape index (κ1) is 11.2. The van der Waals surface area contributed by atoms with Crippen LogP contribution in [0.4, 0.5) is 0 Å². The molecule has 0 spiro atoms. The van der Waals surface area contributed by atoms with E-state index in [9.17, 15) is 0 Å². The summed E-state index contributed by atoms with van der Waals surface area (Å²) in [6.45, 7) is 3.16. The van der Waals surface area contributed by atoms with Crippen LogP contribution in [0, 0.1) is 17.2 Å². The lowest BCUT2D eigenvalue weighted by molar-refractivity contribution is 0.226. The number of rotatable bonds is 4. The predicted octanol–water partition coefficient (Wildman–Crippen LogP) is 2.79. The van der Waals surface area contributed by atoms with Gasteiger partial charge in [0.2, 0.25) is 0 Å². The van der Waals surface area contributed by atoms with Gasteiger partial charge in [-0.25, -0.2) is 0 Å². The van der Waals surface area contributed by atoms with Crippen molar-refractivity contribution in [2.24, 2.45) is 5.92 Å². The number of hydrogen-bond donors (Lipinski definition) is 0. The van der Waals surface area contributed by atoms with E-state index < -0.39 is 0 Å². The number of benzene rings is 1. The van der Waals surface area contributed by atoms with Crippen molar-refractivity contribution < 1.29 is 0 Å². The molecule has 0 aliphatic heterocycles. The zero-order valence-corrected chi connectivity index (χ0v) is 9.98. The van der Waals surface area contributed by atoms with E-state index in [1.54, 1.807) is 0 Å². The second-order valence-electron chi connectivity index (χ2n) is 4.76. The minimum atomic E-state index is 0.631. The lowest BCUT2D eigenvalue weighted by Crippen LogP contribution is -2.30. The van der Waals surface area contributed by atoms with Crippen LogP contribution in [-0.2, 0) is 6.54 Å². The third-order valence-electron chi connectivity index (χ3n) is 3.56. The highest BCUT2D eigenvalue weighted by Gasteiger charge is 2.30. The van der Waals surface area contributed by atoms with Crippen molar-refractivity contribution in [1.82, 2.24) is 4.90 Å². The molecule has 1 unspecified atom stereocenters. The molecular weight excluding hydrogens is 196 g/mol. The average molecular weight is 214 g/mol. The highest BCUT2D eigenvalue weighted by atomic mass is 15.1. The van der Waals surface area contributed by atoms with Crippen LogP contribution in [0.15, 0.2) is 24.3 Å². The van der Waals surface area contributed by atoms with Gasteiger partial charge in [-0.3, -0.25) is 4.90 Å². The number of hydrogen-bond acceptors (Lipinski definition) is 2. The normalized spacial score (nSPS) is 17.1. The van der Waals surface area contributed by atoms with E-state index in [1.807, 2.05) is 18.2 Å². The number of nitrogens with zero attached hydrogens (tertiary/aromatic N) is 2. The highest BCUT2D eigenvalue weighted by Crippen LogP contribution is 2.35. The van der Waals surface area contributed by atoms with E-state index in [2.05, 4.69) is 31.0 Å². The standard InChI is InChI=1S/C14H18N2/c1-11(12-7-8-12)16(2)10-14-6-4-3-5-13(14)9-15/h3-6,11-12H,7-8,10H2,1-2H3. The Kier molecular flexibility index (Phi) is 3.26. The lowest BCUT2D eigenvalue weighted by Gasteiger charge is -2.24. The van der Waals surface area contributed by atoms with Crippen molar-refractivity contribution in [3.63, 3.8) is 0 Å². The Morgan fingerprint density at radius 3 is 2.75 bits per heavy atom. The molecule has 1 aromatic rings. The summed E-state index contributed by atoms with van der Waals surface area (Å²) in [5, 5.41) is 9.02. The summed E-state index contributed by atoms with van der Waals surface area (Å²) >= 11 is 0. The maximum absolute atomic E-state index is 9.02. The van der Waals surface area contributed by atoms with E-state index in [4.69, 9.17) is 5.26 Å². The summed E-state index contributed by atoms with van der Waals surface area (Å²) in [5.41, 5.74) is 1.94. The van der Waals surface area contributed by atoms with E-state index in [0.29, 0.717) is 6.04 Å². The van der Waals surface area contributed by atoms with Crippen LogP contribution in [0.1, 0.15) is 30.9 Å². The van der Waals surface area contributed by atoms with Gasteiger partial charge in [0.1, 0.15) is 0 Å². The van der Waals surface area contributed by atoms with Crippen LogP contribution >= 0.6 is 0 Å². The van der Waals surface area contributed by atoms with Crippen LogP contribution in [0.2, 0.25) is 0 Å². The largest absolute Gasteiger partial charge is 0.299 e. The molecule has 1 aromatic carbocycles. The average Bonchev–Trinajstić information content (AvgIpc) is 3.12. The quantitative estimate of drug-likeness (QED) is 0.770. The van der Waals surface area contributed by atoms with Gasteiger partial charge in [-0.1, -0.05) is 18.2 Å². The molecule has 0 radical (unpaired) electrons. The summed E-state index contributed by atoms with van der Waals surface area (Å²) in [5.74, 6) is 0.874. The van der Waals surface area contributed by atoms with E-state index >= 15 is 0 Å². The van der Waals surface area contributed by atoms with Gasteiger partial charge in [0, 0.05) is 12.6 Å². The van der Waals surface area contributed by atoms with E-state index in [0.717, 1.165) is 23.6 Å². The monoisotopic (exact) mass is 214 g/mol. The first-order valence-corrected chi connectivity index (χ1v) is 5.90. The van der Waals surface area contributed by atoms with Crippen molar-refractivity contribution in [1.29, 1.82) is 5.26 Å². The van der Waals surface area contributed by atoms with Gasteiger partial charge in [-0.2, -0.15) is 5.26 Å². The fraction of sp³-hybridized carbons (Fsp3) is 0.500. The second-order valence-corrected chi connectivity index (χ2v) is 4.76. The maximum atomic E-state index is 9.02. The van der Waals surface area contributed by atoms with Gasteiger partial charge in [0.25, 0.3) is 0 Å². The molecule has 0 N–H and O–H groups in total. The molecule has 0 amide bonds. The Balaban J connectivity index is 2.05. The summed E-state index contributed by atoms with van der Waals surface area (Å²) in [4.78, 5) is 2.36. The fourth-order valence-corrected chi connectivity index (χ4v) is 2.12. The molecule has 2 rings (SSSR count). The van der Waals surface area contributed by atoms with Crippen molar-refractivity contribution in [2.45, 2.75) is 32.4 Å². The molecule has 2 nitrogen and oxygen atoms in total. The Bertz CT molecular complexity index is 401. The molecule has 1 aliphatic carbocycles. The van der Waals surface area contributed by atoms with Crippen LogP contribution in [-0.4, -0.2) is 18.0 Å². The summed E-state index contributed by atoms with van der Waals surface area (Å²) in [6.07, 6.45) is 2.73. The van der Waals surface area contributed by atoms with Gasteiger partial charge < -0.3 is 0 Å². The molecular formula is C14H18N2. The molecule has 0 heterocycles. The molecule has 1 fully saturated rings. The van der Waals surface area contributed by atoms with Crippen molar-refractivity contribution in [2.75, 3.05) is 7.05 Å². The molecule has 1 aliphatic rings. The Morgan fingerprint density at radius 2 is 2.12 bits per heavy atom. The maximum Gasteiger partial charge on any atom is 0.0995 e. The molecule has 2 heteroatoms.